The van der Waals surface area contributed by atoms with Crippen molar-refractivity contribution in [2.45, 2.75) is 40.0 Å². The molecule has 0 radical (unpaired) electrons. The molecule has 3 nitrogen and oxygen atoms in total. The monoisotopic (exact) mass is 418 g/mol. The van der Waals surface area contributed by atoms with E-state index in [1.807, 2.05) is 0 Å². The molecule has 3 rings (SSSR count). The van der Waals surface area contributed by atoms with E-state index in [1.54, 1.807) is 6.92 Å². The highest BCUT2D eigenvalue weighted by molar-refractivity contribution is 7.97. The quantitative estimate of drug-likeness (QED) is 0.397. The fourth-order valence-corrected chi connectivity index (χ4v) is 5.08. The molecule has 0 spiro atoms. The molecule has 0 amide bonds. The minimum absolute atomic E-state index is 0.0146. The number of halogens is 1. The van der Waals surface area contributed by atoms with E-state index >= 15 is 0 Å². The molecule has 1 atom stereocenters. The summed E-state index contributed by atoms with van der Waals surface area (Å²) in [6.45, 7) is 1.61. The van der Waals surface area contributed by atoms with Gasteiger partial charge in [0.25, 0.3) is 0 Å². The van der Waals surface area contributed by atoms with Gasteiger partial charge in [0.1, 0.15) is 10.1 Å². The minimum Gasteiger partial charge on any atom is -0.746 e. The van der Waals surface area contributed by atoms with E-state index in [0.29, 0.717) is 6.42 Å². The van der Waals surface area contributed by atoms with Crippen molar-refractivity contribution in [1.82, 2.24) is 0 Å². The maximum atomic E-state index is 12.0. The summed E-state index contributed by atoms with van der Waals surface area (Å²) >= 11 is 0. The third-order valence-electron chi connectivity index (χ3n) is 3.77. The van der Waals surface area contributed by atoms with E-state index in [-0.39, 0.29) is 17.3 Å². The van der Waals surface area contributed by atoms with Crippen molar-refractivity contribution >= 4 is 21.0 Å². The Hall–Kier alpha value is -2.15. The first-order valence-corrected chi connectivity index (χ1v) is 11.6. The molecule has 0 N–H and O–H groups in total. The molecule has 0 saturated carbocycles. The van der Waals surface area contributed by atoms with Crippen LogP contribution in [0.2, 0.25) is 0 Å². The van der Waals surface area contributed by atoms with Crippen LogP contribution in [0.3, 0.4) is 0 Å². The molecule has 3 aromatic carbocycles. The SMILES string of the molecule is CCCC(F)S(=O)(=O)[O-].c1ccc([S+](c2ccccc2)c2ccccc2)cc1. The van der Waals surface area contributed by atoms with Gasteiger partial charge in [0, 0.05) is 0 Å². The van der Waals surface area contributed by atoms with Crippen molar-refractivity contribution in [1.29, 1.82) is 0 Å². The summed E-state index contributed by atoms with van der Waals surface area (Å²) in [6, 6.07) is 32.2. The van der Waals surface area contributed by atoms with Crippen LogP contribution < -0.4 is 0 Å². The smallest absolute Gasteiger partial charge is 0.189 e. The van der Waals surface area contributed by atoms with Crippen LogP contribution in [0, 0.1) is 0 Å². The first-order valence-electron chi connectivity index (χ1n) is 8.91. The molecule has 28 heavy (non-hydrogen) atoms. The number of rotatable bonds is 6. The average molecular weight is 419 g/mol. The van der Waals surface area contributed by atoms with Crippen LogP contribution >= 0.6 is 0 Å². The van der Waals surface area contributed by atoms with Gasteiger partial charge in [-0.05, 0) is 42.8 Å². The molecule has 0 saturated heterocycles. The minimum atomic E-state index is -4.68. The van der Waals surface area contributed by atoms with Crippen LogP contribution in [0.25, 0.3) is 0 Å². The fraction of sp³-hybridized carbons (Fsp3) is 0.182. The fourth-order valence-electron chi connectivity index (χ4n) is 2.45. The van der Waals surface area contributed by atoms with Crippen LogP contribution in [0.15, 0.2) is 106 Å². The summed E-state index contributed by atoms with van der Waals surface area (Å²) in [5.41, 5.74) is -2.22. The van der Waals surface area contributed by atoms with Crippen molar-refractivity contribution < 1.29 is 17.4 Å². The van der Waals surface area contributed by atoms with Gasteiger partial charge < -0.3 is 4.55 Å². The second-order valence-electron chi connectivity index (χ2n) is 5.94. The highest BCUT2D eigenvalue weighted by Crippen LogP contribution is 2.30. The maximum Gasteiger partial charge on any atom is 0.189 e. The summed E-state index contributed by atoms with van der Waals surface area (Å²) in [6.07, 6.45) is 0.161. The summed E-state index contributed by atoms with van der Waals surface area (Å²) in [4.78, 5) is 4.08. The lowest BCUT2D eigenvalue weighted by Gasteiger charge is -2.10. The largest absolute Gasteiger partial charge is 0.746 e. The molecule has 0 fully saturated rings. The third kappa shape index (κ3) is 6.78. The Labute approximate surface area is 169 Å². The third-order valence-corrected chi connectivity index (χ3v) is 6.86. The Balaban J connectivity index is 0.000000266. The molecule has 0 bridgehead atoms. The normalized spacial score (nSPS) is 12.1. The summed E-state index contributed by atoms with van der Waals surface area (Å²) in [7, 11) is -4.70. The Morgan fingerprint density at radius 3 is 1.32 bits per heavy atom. The average Bonchev–Trinajstić information content (AvgIpc) is 2.71. The van der Waals surface area contributed by atoms with E-state index in [4.69, 9.17) is 0 Å². The van der Waals surface area contributed by atoms with Gasteiger partial charge in [-0.15, -0.1) is 0 Å². The van der Waals surface area contributed by atoms with Crippen molar-refractivity contribution in [3.8, 4) is 0 Å². The van der Waals surface area contributed by atoms with Gasteiger partial charge in [-0.2, -0.15) is 0 Å². The van der Waals surface area contributed by atoms with Gasteiger partial charge in [0.05, 0.1) is 10.9 Å². The highest BCUT2D eigenvalue weighted by Gasteiger charge is 2.27. The first kappa shape index (κ1) is 22.1. The summed E-state index contributed by atoms with van der Waals surface area (Å²) in [5, 5.41) is 0. The van der Waals surface area contributed by atoms with E-state index in [1.165, 1.54) is 14.7 Å². The molecule has 0 heterocycles. The van der Waals surface area contributed by atoms with Crippen molar-refractivity contribution in [2.75, 3.05) is 0 Å². The van der Waals surface area contributed by atoms with Gasteiger partial charge in [-0.1, -0.05) is 67.9 Å². The maximum absolute atomic E-state index is 12.0. The lowest BCUT2D eigenvalue weighted by molar-refractivity contribution is 0.349. The Morgan fingerprint density at radius 2 is 1.11 bits per heavy atom. The summed E-state index contributed by atoms with van der Waals surface area (Å²) in [5.74, 6) is 0. The lowest BCUT2D eigenvalue weighted by atomic mass is 10.4. The Kier molecular flexibility index (Phi) is 8.70. The highest BCUT2D eigenvalue weighted by atomic mass is 32.2. The first-order chi connectivity index (χ1) is 13.4. The van der Waals surface area contributed by atoms with Crippen LogP contribution in [-0.4, -0.2) is 18.5 Å². The topological polar surface area (TPSA) is 57.2 Å². The summed E-state index contributed by atoms with van der Waals surface area (Å²) < 4.78 is 41.4. The molecule has 1 unspecified atom stereocenters. The van der Waals surface area contributed by atoms with Crippen LogP contribution in [-0.2, 0) is 21.0 Å². The Morgan fingerprint density at radius 1 is 0.786 bits per heavy atom. The molecule has 0 aliphatic heterocycles. The van der Waals surface area contributed by atoms with E-state index in [9.17, 15) is 17.4 Å². The van der Waals surface area contributed by atoms with Crippen LogP contribution in [0.5, 0.6) is 0 Å². The standard InChI is InChI=1S/C18H15S.C4H9FO3S/c1-4-10-16(11-5-1)19(17-12-6-2-7-13-17)18-14-8-3-9-15-18;1-2-3-4(5)9(6,7)8/h1-15H;4H,2-3H2,1H3,(H,6,7,8)/q+1;/p-1. The van der Waals surface area contributed by atoms with Gasteiger partial charge in [0.15, 0.2) is 20.2 Å². The molecule has 0 aliphatic carbocycles. The zero-order valence-electron chi connectivity index (χ0n) is 15.6. The second kappa shape index (κ2) is 11.0. The van der Waals surface area contributed by atoms with Crippen molar-refractivity contribution in [3.63, 3.8) is 0 Å². The van der Waals surface area contributed by atoms with Crippen molar-refractivity contribution in [3.05, 3.63) is 91.0 Å². The molecular formula is C22H23FO3S2. The van der Waals surface area contributed by atoms with Gasteiger partial charge in [-0.25, -0.2) is 12.8 Å². The number of benzene rings is 3. The zero-order valence-corrected chi connectivity index (χ0v) is 17.2. The van der Waals surface area contributed by atoms with Crippen LogP contribution in [0.1, 0.15) is 19.8 Å². The second-order valence-corrected chi connectivity index (χ2v) is 9.46. The number of alkyl halides is 1. The van der Waals surface area contributed by atoms with Crippen molar-refractivity contribution in [2.24, 2.45) is 0 Å². The van der Waals surface area contributed by atoms with E-state index in [0.717, 1.165) is 0 Å². The molecule has 0 aliphatic rings. The Bertz CT molecular complexity index is 824. The van der Waals surface area contributed by atoms with Gasteiger partial charge >= 0.3 is 0 Å². The zero-order chi connectivity index (χ0) is 20.4. The molecular weight excluding hydrogens is 395 g/mol. The molecule has 0 aromatic heterocycles. The predicted octanol–water partition coefficient (Wildman–Crippen LogP) is 5.41. The van der Waals surface area contributed by atoms with E-state index < -0.39 is 15.6 Å². The lowest BCUT2D eigenvalue weighted by Crippen LogP contribution is -2.14. The molecule has 3 aromatic rings. The molecule has 6 heteroatoms. The van der Waals surface area contributed by atoms with Crippen LogP contribution in [0.4, 0.5) is 4.39 Å². The number of hydrogen-bond acceptors (Lipinski definition) is 3. The van der Waals surface area contributed by atoms with Gasteiger partial charge in [-0.3, -0.25) is 0 Å². The van der Waals surface area contributed by atoms with E-state index in [2.05, 4.69) is 91.0 Å². The predicted molar refractivity (Wildman–Crippen MR) is 111 cm³/mol. The molecule has 148 valence electrons. The van der Waals surface area contributed by atoms with Gasteiger partial charge in [0.2, 0.25) is 0 Å². The number of hydrogen-bond donors (Lipinski definition) is 0.